The van der Waals surface area contributed by atoms with Crippen molar-refractivity contribution in [3.8, 4) is 0 Å². The number of hydrogen-bond acceptors (Lipinski definition) is 7. The molecule has 0 rings (SSSR count). The molecule has 9 heteroatoms. The van der Waals surface area contributed by atoms with E-state index in [9.17, 15) is 19.5 Å². The van der Waals surface area contributed by atoms with Crippen molar-refractivity contribution >= 4 is 17.9 Å². The van der Waals surface area contributed by atoms with E-state index in [0.29, 0.717) is 17.4 Å². The largest absolute Gasteiger partial charge is 0.477 e. The Morgan fingerprint density at radius 1 is 0.392 bits per heavy atom. The van der Waals surface area contributed by atoms with Crippen LogP contribution in [0.25, 0.3) is 0 Å². The molecule has 2 atom stereocenters. The van der Waals surface area contributed by atoms with E-state index in [1.54, 1.807) is 0 Å². The van der Waals surface area contributed by atoms with Gasteiger partial charge in [-0.25, -0.2) is 4.79 Å². The van der Waals surface area contributed by atoms with Gasteiger partial charge in [0, 0.05) is 12.8 Å². The minimum absolute atomic E-state index is 0.185. The minimum atomic E-state index is -1.51. The summed E-state index contributed by atoms with van der Waals surface area (Å²) < 4.78 is 22.9. The molecule has 0 bridgehead atoms. The highest BCUT2D eigenvalue weighted by molar-refractivity contribution is 5.71. The molecule has 9 nitrogen and oxygen atoms in total. The lowest BCUT2D eigenvalue weighted by Gasteiger charge is -2.25. The topological polar surface area (TPSA) is 108 Å². The van der Waals surface area contributed by atoms with E-state index in [-0.39, 0.29) is 32.2 Å². The number of hydrogen-bond donors (Lipinski definition) is 1. The molecule has 0 aromatic heterocycles. The summed E-state index contributed by atoms with van der Waals surface area (Å²) >= 11 is 0. The van der Waals surface area contributed by atoms with Crippen LogP contribution in [0, 0.1) is 0 Å². The summed E-state index contributed by atoms with van der Waals surface area (Å²) in [6, 6.07) is 0. The molecule has 79 heavy (non-hydrogen) atoms. The van der Waals surface area contributed by atoms with E-state index in [2.05, 4.69) is 98.9 Å². The first-order valence-electron chi connectivity index (χ1n) is 32.8. The molecule has 0 aliphatic carbocycles. The number of likely N-dealkylation sites (N-methyl/N-ethyl adjacent to an activating group) is 1. The number of unbranched alkanes of at least 4 members (excludes halogenated alkanes) is 31. The Bertz CT molecular complexity index is 1570. The lowest BCUT2D eigenvalue weighted by atomic mass is 10.0. The summed E-state index contributed by atoms with van der Waals surface area (Å²) in [5, 5.41) is 9.73. The van der Waals surface area contributed by atoms with Gasteiger partial charge in [-0.2, -0.15) is 0 Å². The second kappa shape index (κ2) is 60.6. The molecule has 0 aliphatic heterocycles. The normalized spacial score (nSPS) is 13.3. The summed E-state index contributed by atoms with van der Waals surface area (Å²) in [4.78, 5) is 37.5. The molecule has 0 saturated heterocycles. The van der Waals surface area contributed by atoms with Crippen molar-refractivity contribution in [3.63, 3.8) is 0 Å². The van der Waals surface area contributed by atoms with Crippen molar-refractivity contribution in [2.75, 3.05) is 47.5 Å². The molecule has 0 aromatic rings. The number of nitrogens with zero attached hydrogens (tertiary/aromatic N) is 1. The number of ether oxygens (including phenoxy) is 4. The van der Waals surface area contributed by atoms with Crippen LogP contribution in [-0.4, -0.2) is 87.4 Å². The Morgan fingerprint density at radius 2 is 0.722 bits per heavy atom. The average Bonchev–Trinajstić information content (AvgIpc) is 3.42. The van der Waals surface area contributed by atoms with Gasteiger partial charge in [-0.15, -0.1) is 0 Å². The summed E-state index contributed by atoms with van der Waals surface area (Å²) in [6.45, 7) is 4.77. The van der Waals surface area contributed by atoms with E-state index in [0.717, 1.165) is 77.0 Å². The Morgan fingerprint density at radius 3 is 1.08 bits per heavy atom. The maximum atomic E-state index is 12.9. The molecule has 0 radical (unpaired) electrons. The van der Waals surface area contributed by atoms with Crippen LogP contribution in [0.1, 0.15) is 284 Å². The quantitative estimate of drug-likeness (QED) is 0.0211. The van der Waals surface area contributed by atoms with Gasteiger partial charge in [0.25, 0.3) is 6.29 Å². The number of allylic oxidation sites excluding steroid dienone is 14. The van der Waals surface area contributed by atoms with E-state index < -0.39 is 24.3 Å². The van der Waals surface area contributed by atoms with Gasteiger partial charge in [0.1, 0.15) is 13.2 Å². The van der Waals surface area contributed by atoms with Gasteiger partial charge < -0.3 is 28.5 Å². The third kappa shape index (κ3) is 61.9. The second-order valence-electron chi connectivity index (χ2n) is 23.0. The van der Waals surface area contributed by atoms with Crippen LogP contribution in [0.15, 0.2) is 85.1 Å². The van der Waals surface area contributed by atoms with Crippen molar-refractivity contribution < 1.29 is 42.9 Å². The Labute approximate surface area is 487 Å². The number of carbonyl (C=O) groups excluding carboxylic acids is 2. The van der Waals surface area contributed by atoms with Gasteiger partial charge in [0.2, 0.25) is 0 Å². The standard InChI is InChI=1S/C70H123NO8/c1-6-8-10-12-14-16-18-20-22-24-26-28-29-30-31-32-33-34-35-36-37-38-39-41-43-45-47-49-51-53-55-57-59-61-68(73)79-66(65-78-70(69(74)75)76-63-62-71(3,4)5)64-77-67(72)60-58-56-54-52-50-48-46-44-42-40-27-25-23-21-19-17-15-13-11-9-7-2/h8,10,14,16,19-22,25-28,30-31,66,70H,6-7,9,11-13,15,17-18,23-24,29,32-65H2,1-5H3/p+1/b10-8-,16-14-,21-19-,22-20-,27-25-,28-26-,31-30-. The average molecular weight is 1110 g/mol. The maximum Gasteiger partial charge on any atom is 0.361 e. The zero-order valence-corrected chi connectivity index (χ0v) is 52.0. The van der Waals surface area contributed by atoms with Crippen molar-refractivity contribution in [1.82, 2.24) is 0 Å². The number of esters is 2. The molecule has 0 fully saturated rings. The predicted octanol–water partition coefficient (Wildman–Crippen LogP) is 19.9. The number of carboxylic acid groups (broad SMARTS) is 1. The highest BCUT2D eigenvalue weighted by Gasteiger charge is 2.25. The van der Waals surface area contributed by atoms with E-state index in [1.165, 1.54) is 180 Å². The molecular formula is C70H124NO8+. The smallest absolute Gasteiger partial charge is 0.361 e. The maximum absolute atomic E-state index is 12.9. The van der Waals surface area contributed by atoms with Gasteiger partial charge in [-0.1, -0.05) is 266 Å². The van der Waals surface area contributed by atoms with Crippen LogP contribution in [-0.2, 0) is 33.3 Å². The number of carbonyl (C=O) groups is 3. The van der Waals surface area contributed by atoms with Gasteiger partial charge >= 0.3 is 17.9 Å². The van der Waals surface area contributed by atoms with Gasteiger partial charge in [0.05, 0.1) is 34.4 Å². The zero-order chi connectivity index (χ0) is 57.6. The fraction of sp³-hybridized carbons (Fsp3) is 0.757. The summed E-state index contributed by atoms with van der Waals surface area (Å²) in [6.07, 6.45) is 78.2. The first kappa shape index (κ1) is 75.5. The van der Waals surface area contributed by atoms with Crippen LogP contribution >= 0.6 is 0 Å². The second-order valence-corrected chi connectivity index (χ2v) is 23.0. The van der Waals surface area contributed by atoms with Crippen LogP contribution in [0.2, 0.25) is 0 Å². The number of aliphatic carboxylic acids is 1. The van der Waals surface area contributed by atoms with Crippen LogP contribution < -0.4 is 0 Å². The summed E-state index contributed by atoms with van der Waals surface area (Å²) in [5.41, 5.74) is 0. The monoisotopic (exact) mass is 1110 g/mol. The molecule has 0 aliphatic rings. The molecule has 0 heterocycles. The van der Waals surface area contributed by atoms with Crippen molar-refractivity contribution in [3.05, 3.63) is 85.1 Å². The lowest BCUT2D eigenvalue weighted by molar-refractivity contribution is -0.870. The van der Waals surface area contributed by atoms with Gasteiger partial charge in [0.15, 0.2) is 6.10 Å². The fourth-order valence-corrected chi connectivity index (χ4v) is 9.13. The molecule has 0 spiro atoms. The first-order valence-corrected chi connectivity index (χ1v) is 32.8. The van der Waals surface area contributed by atoms with Crippen molar-refractivity contribution in [1.29, 1.82) is 0 Å². The third-order valence-corrected chi connectivity index (χ3v) is 14.1. The van der Waals surface area contributed by atoms with Gasteiger partial charge in [-0.05, 0) is 89.9 Å². The number of rotatable bonds is 60. The fourth-order valence-electron chi connectivity index (χ4n) is 9.13. The van der Waals surface area contributed by atoms with E-state index in [1.807, 2.05) is 21.1 Å². The van der Waals surface area contributed by atoms with Crippen molar-refractivity contribution in [2.24, 2.45) is 0 Å². The van der Waals surface area contributed by atoms with Crippen LogP contribution in [0.3, 0.4) is 0 Å². The molecule has 1 N–H and O–H groups in total. The summed E-state index contributed by atoms with van der Waals surface area (Å²) in [7, 11) is 5.97. The van der Waals surface area contributed by atoms with Crippen LogP contribution in [0.5, 0.6) is 0 Å². The number of quaternary nitrogens is 1. The van der Waals surface area contributed by atoms with E-state index in [4.69, 9.17) is 18.9 Å². The highest BCUT2D eigenvalue weighted by atomic mass is 16.7. The minimum Gasteiger partial charge on any atom is -0.477 e. The summed E-state index contributed by atoms with van der Waals surface area (Å²) in [5.74, 6) is -2.00. The number of carboxylic acids is 1. The Hall–Kier alpha value is -3.53. The zero-order valence-electron chi connectivity index (χ0n) is 52.0. The highest BCUT2D eigenvalue weighted by Crippen LogP contribution is 2.17. The Kier molecular flexibility index (Phi) is 57.9. The van der Waals surface area contributed by atoms with E-state index >= 15 is 0 Å². The molecule has 0 amide bonds. The molecular weight excluding hydrogens is 983 g/mol. The molecule has 2 unspecified atom stereocenters. The lowest BCUT2D eigenvalue weighted by Crippen LogP contribution is -2.40. The van der Waals surface area contributed by atoms with Gasteiger partial charge in [-0.3, -0.25) is 9.59 Å². The van der Waals surface area contributed by atoms with Crippen LogP contribution in [0.4, 0.5) is 0 Å². The Balaban J connectivity index is 4.13. The third-order valence-electron chi connectivity index (χ3n) is 14.1. The molecule has 0 saturated carbocycles. The predicted molar refractivity (Wildman–Crippen MR) is 336 cm³/mol. The molecule has 0 aromatic carbocycles. The van der Waals surface area contributed by atoms with Crippen molar-refractivity contribution in [2.45, 2.75) is 296 Å². The first-order chi connectivity index (χ1) is 38.6. The SMILES string of the molecule is CC/C=C\C/C=C\C/C=C\C/C=C\C/C=C\CCCCCCCCCCCCCCCCCCCC(=O)OC(COC(=O)CCCCCCCCCCC/C=C\C/C=C\CCCCCCC)COC(OCC[N+](C)(C)C)C(=O)O. The molecule has 456 valence electrons.